The van der Waals surface area contributed by atoms with Crippen LogP contribution in [-0.4, -0.2) is 31.9 Å². The van der Waals surface area contributed by atoms with Gasteiger partial charge in [0.2, 0.25) is 5.95 Å². The molecular formula is C20H21N7O. The summed E-state index contributed by atoms with van der Waals surface area (Å²) in [5, 5.41) is 16.7. The van der Waals surface area contributed by atoms with Crippen LogP contribution in [0.25, 0.3) is 11.0 Å². The maximum atomic E-state index is 13.1. The lowest BCUT2D eigenvalue weighted by atomic mass is 10.1. The van der Waals surface area contributed by atoms with Gasteiger partial charge >= 0.3 is 0 Å². The smallest absolute Gasteiger partial charge is 0.293 e. The van der Waals surface area contributed by atoms with Gasteiger partial charge in [-0.3, -0.25) is 9.36 Å². The maximum Gasteiger partial charge on any atom is 0.293 e. The molecule has 2 aromatic heterocycles. The summed E-state index contributed by atoms with van der Waals surface area (Å²) in [5.74, 6) is 6.35. The number of imidazole rings is 1. The van der Waals surface area contributed by atoms with E-state index in [1.165, 1.54) is 4.68 Å². The molecule has 0 aliphatic carbocycles. The molecule has 8 nitrogen and oxygen atoms in total. The number of hydrogen-bond donors (Lipinski definition) is 2. The lowest BCUT2D eigenvalue weighted by Gasteiger charge is -2.10. The molecule has 0 spiro atoms. The van der Waals surface area contributed by atoms with Gasteiger partial charge in [0.25, 0.3) is 5.56 Å². The molecule has 3 N–H and O–H groups in total. The highest BCUT2D eigenvalue weighted by molar-refractivity contribution is 5.77. The molecule has 0 saturated carbocycles. The van der Waals surface area contributed by atoms with Crippen LogP contribution in [0.3, 0.4) is 0 Å². The van der Waals surface area contributed by atoms with Gasteiger partial charge in [-0.25, -0.2) is 9.67 Å². The molecule has 1 atom stereocenters. The zero-order chi connectivity index (χ0) is 20.1. The Morgan fingerprint density at radius 2 is 2.14 bits per heavy atom. The molecule has 0 saturated heterocycles. The Labute approximate surface area is 162 Å². The minimum Gasteiger partial charge on any atom is -0.354 e. The van der Waals surface area contributed by atoms with Gasteiger partial charge < -0.3 is 11.1 Å². The summed E-state index contributed by atoms with van der Waals surface area (Å²) in [6, 6.07) is 9.22. The number of anilines is 1. The van der Waals surface area contributed by atoms with Gasteiger partial charge in [0.15, 0.2) is 0 Å². The second kappa shape index (κ2) is 8.38. The van der Waals surface area contributed by atoms with Crippen LogP contribution in [0, 0.1) is 23.2 Å². The Hall–Kier alpha value is -3.62. The highest BCUT2D eigenvalue weighted by atomic mass is 16.1. The highest BCUT2D eigenvalue weighted by Gasteiger charge is 2.16. The maximum absolute atomic E-state index is 13.1. The van der Waals surface area contributed by atoms with Crippen LogP contribution in [0.2, 0.25) is 0 Å². The van der Waals surface area contributed by atoms with Gasteiger partial charge in [-0.15, -0.1) is 5.92 Å². The molecule has 0 radical (unpaired) electrons. The molecule has 1 aromatic carbocycles. The molecule has 0 fully saturated rings. The number of aromatic nitrogens is 4. The monoisotopic (exact) mass is 375 g/mol. The number of nitrogens with two attached hydrogens (primary N) is 1. The Morgan fingerprint density at radius 1 is 1.36 bits per heavy atom. The van der Waals surface area contributed by atoms with E-state index in [9.17, 15) is 10.1 Å². The van der Waals surface area contributed by atoms with Gasteiger partial charge in [0.05, 0.1) is 30.9 Å². The predicted molar refractivity (Wildman–Crippen MR) is 108 cm³/mol. The van der Waals surface area contributed by atoms with Crippen LogP contribution in [0.5, 0.6) is 0 Å². The van der Waals surface area contributed by atoms with Crippen LogP contribution < -0.4 is 16.6 Å². The van der Waals surface area contributed by atoms with E-state index in [0.717, 1.165) is 5.56 Å². The van der Waals surface area contributed by atoms with Crippen molar-refractivity contribution in [3.63, 3.8) is 0 Å². The summed E-state index contributed by atoms with van der Waals surface area (Å²) >= 11 is 0. The number of nitriles is 1. The van der Waals surface area contributed by atoms with Crippen molar-refractivity contribution in [3.05, 3.63) is 51.9 Å². The lowest BCUT2D eigenvalue weighted by Crippen LogP contribution is -2.27. The van der Waals surface area contributed by atoms with Crippen LogP contribution in [0.15, 0.2) is 35.3 Å². The second-order valence-corrected chi connectivity index (χ2v) is 6.42. The third kappa shape index (κ3) is 3.88. The van der Waals surface area contributed by atoms with Crippen molar-refractivity contribution in [2.75, 3.05) is 11.9 Å². The third-order valence-electron chi connectivity index (χ3n) is 4.20. The first-order chi connectivity index (χ1) is 13.5. The molecule has 3 rings (SSSR count). The van der Waals surface area contributed by atoms with Gasteiger partial charge in [-0.05, 0) is 25.5 Å². The first kappa shape index (κ1) is 19.2. The van der Waals surface area contributed by atoms with E-state index in [-0.39, 0.29) is 18.1 Å². The Balaban J connectivity index is 2.09. The van der Waals surface area contributed by atoms with Crippen molar-refractivity contribution < 1.29 is 0 Å². The van der Waals surface area contributed by atoms with E-state index in [1.807, 2.05) is 19.1 Å². The zero-order valence-corrected chi connectivity index (χ0v) is 15.8. The highest BCUT2D eigenvalue weighted by Crippen LogP contribution is 2.16. The van der Waals surface area contributed by atoms with Crippen molar-refractivity contribution >= 4 is 17.0 Å². The molecular weight excluding hydrogens is 354 g/mol. The zero-order valence-electron chi connectivity index (χ0n) is 15.8. The van der Waals surface area contributed by atoms with E-state index in [1.54, 1.807) is 29.8 Å². The van der Waals surface area contributed by atoms with Crippen molar-refractivity contribution in [3.8, 4) is 17.9 Å². The summed E-state index contributed by atoms with van der Waals surface area (Å²) in [6.07, 6.45) is 1.55. The molecule has 8 heteroatoms. The first-order valence-electron chi connectivity index (χ1n) is 8.88. The lowest BCUT2D eigenvalue weighted by molar-refractivity contribution is 0.642. The summed E-state index contributed by atoms with van der Waals surface area (Å²) < 4.78 is 3.08. The fourth-order valence-corrected chi connectivity index (χ4v) is 2.83. The summed E-state index contributed by atoms with van der Waals surface area (Å²) in [6.45, 7) is 4.66. The minimum absolute atomic E-state index is 0.0669. The van der Waals surface area contributed by atoms with Gasteiger partial charge in [0, 0.05) is 12.6 Å². The summed E-state index contributed by atoms with van der Waals surface area (Å²) in [5.41, 5.74) is 7.68. The first-order valence-corrected chi connectivity index (χ1v) is 8.88. The van der Waals surface area contributed by atoms with Gasteiger partial charge in [-0.2, -0.15) is 10.4 Å². The van der Waals surface area contributed by atoms with Crippen molar-refractivity contribution in [2.45, 2.75) is 33.0 Å². The number of nitrogens with one attached hydrogen (secondary N) is 1. The van der Waals surface area contributed by atoms with E-state index < -0.39 is 0 Å². The molecule has 0 aliphatic rings. The Bertz CT molecular complexity index is 1160. The van der Waals surface area contributed by atoms with Crippen LogP contribution in [0.1, 0.15) is 25.0 Å². The average molecular weight is 375 g/mol. The normalized spacial score (nSPS) is 11.5. The topological polar surface area (TPSA) is 115 Å². The van der Waals surface area contributed by atoms with Crippen LogP contribution >= 0.6 is 0 Å². The number of rotatable bonds is 6. The average Bonchev–Trinajstić information content (AvgIpc) is 3.05. The Kier molecular flexibility index (Phi) is 5.73. The van der Waals surface area contributed by atoms with E-state index in [2.05, 4.69) is 33.3 Å². The standard InChI is InChI=1S/C20H21N7O/c1-3-4-9-26-18-17(25-20(26)23-11-14(2)22)12-24-27(19(18)28)13-16-8-6-5-7-15(16)10-21/h5-8,12,14H,9,11,13,22H2,1-2H3,(H,23,25). The van der Waals surface area contributed by atoms with Gasteiger partial charge in [0.1, 0.15) is 11.0 Å². The summed E-state index contributed by atoms with van der Waals surface area (Å²) in [4.78, 5) is 17.6. The Morgan fingerprint density at radius 3 is 2.86 bits per heavy atom. The fraction of sp³-hybridized carbons (Fsp3) is 0.300. The molecule has 0 amide bonds. The number of fused-ring (bicyclic) bond motifs is 1. The van der Waals surface area contributed by atoms with E-state index in [0.29, 0.717) is 35.6 Å². The van der Waals surface area contributed by atoms with E-state index in [4.69, 9.17) is 5.73 Å². The molecule has 3 aromatic rings. The molecule has 28 heavy (non-hydrogen) atoms. The SMILES string of the molecule is CC#CCn1c(NCC(C)N)nc2cnn(Cc3ccccc3C#N)c(=O)c21. The minimum atomic E-state index is -0.288. The second-order valence-electron chi connectivity index (χ2n) is 6.42. The fourth-order valence-electron chi connectivity index (χ4n) is 2.83. The molecule has 1 unspecified atom stereocenters. The third-order valence-corrected chi connectivity index (χ3v) is 4.20. The molecule has 142 valence electrons. The molecule has 0 aliphatic heterocycles. The van der Waals surface area contributed by atoms with Crippen LogP contribution in [0.4, 0.5) is 5.95 Å². The summed E-state index contributed by atoms with van der Waals surface area (Å²) in [7, 11) is 0. The van der Waals surface area contributed by atoms with Crippen molar-refractivity contribution in [1.82, 2.24) is 19.3 Å². The molecule has 2 heterocycles. The number of benzene rings is 1. The van der Waals surface area contributed by atoms with E-state index >= 15 is 0 Å². The number of nitrogens with zero attached hydrogens (tertiary/aromatic N) is 5. The quantitative estimate of drug-likeness (QED) is 0.628. The van der Waals surface area contributed by atoms with Crippen molar-refractivity contribution in [2.24, 2.45) is 5.73 Å². The van der Waals surface area contributed by atoms with Crippen LogP contribution in [-0.2, 0) is 13.1 Å². The van der Waals surface area contributed by atoms with Crippen molar-refractivity contribution in [1.29, 1.82) is 5.26 Å². The molecule has 0 bridgehead atoms. The number of hydrogen-bond acceptors (Lipinski definition) is 6. The largest absolute Gasteiger partial charge is 0.354 e. The predicted octanol–water partition coefficient (Wildman–Crippen LogP) is 1.30. The van der Waals surface area contributed by atoms with Gasteiger partial charge in [-0.1, -0.05) is 24.1 Å².